The van der Waals surface area contributed by atoms with Crippen molar-refractivity contribution in [1.82, 2.24) is 4.57 Å². The third kappa shape index (κ3) is 1.16. The smallest absolute Gasteiger partial charge is 0.372 e. The van der Waals surface area contributed by atoms with Gasteiger partial charge in [0.2, 0.25) is 0 Å². The highest BCUT2D eigenvalue weighted by molar-refractivity contribution is 5.77. The summed E-state index contributed by atoms with van der Waals surface area (Å²) in [6.07, 6.45) is 0. The van der Waals surface area contributed by atoms with Crippen LogP contribution >= 0.6 is 0 Å². The number of aromatic nitrogens is 1. The molecule has 0 amide bonds. The van der Waals surface area contributed by atoms with E-state index >= 15 is 0 Å². The first-order chi connectivity index (χ1) is 6.59. The second-order valence-corrected chi connectivity index (χ2v) is 3.24. The molecule has 0 spiro atoms. The van der Waals surface area contributed by atoms with E-state index in [1.54, 1.807) is 19.2 Å². The van der Waals surface area contributed by atoms with Gasteiger partial charge in [0.15, 0.2) is 0 Å². The van der Waals surface area contributed by atoms with Gasteiger partial charge >= 0.3 is 11.4 Å². The molecule has 0 bridgehead atoms. The summed E-state index contributed by atoms with van der Waals surface area (Å²) in [4.78, 5) is 22.4. The average Bonchev–Trinajstić information content (AvgIpc) is 2.14. The van der Waals surface area contributed by atoms with Gasteiger partial charge in [-0.15, -0.1) is 0 Å². The van der Waals surface area contributed by atoms with Gasteiger partial charge in [-0.25, -0.2) is 9.59 Å². The zero-order valence-electron chi connectivity index (χ0n) is 7.90. The van der Waals surface area contributed by atoms with Gasteiger partial charge in [-0.3, -0.25) is 4.57 Å². The molecule has 0 aliphatic heterocycles. The molecule has 0 N–H and O–H groups in total. The van der Waals surface area contributed by atoms with Crippen molar-refractivity contribution in [2.45, 2.75) is 6.92 Å². The Hall–Kier alpha value is -1.84. The van der Waals surface area contributed by atoms with Crippen LogP contribution in [0.1, 0.15) is 5.56 Å². The molecule has 1 aromatic heterocycles. The first-order valence-corrected chi connectivity index (χ1v) is 4.20. The van der Waals surface area contributed by atoms with Gasteiger partial charge in [-0.05, 0) is 24.6 Å². The number of aryl methyl sites for hydroxylation is 2. The summed E-state index contributed by atoms with van der Waals surface area (Å²) >= 11 is 0. The molecule has 1 aromatic carbocycles. The summed E-state index contributed by atoms with van der Waals surface area (Å²) in [6.45, 7) is 1.90. The van der Waals surface area contributed by atoms with Gasteiger partial charge in [0.05, 0.1) is 10.9 Å². The molecule has 0 fully saturated rings. The van der Waals surface area contributed by atoms with Crippen LogP contribution in [0.3, 0.4) is 0 Å². The highest BCUT2D eigenvalue weighted by Gasteiger charge is 2.05. The SMILES string of the molecule is Cc1ccc2c(=O)oc(=O)n(C)c2c1. The zero-order valence-corrected chi connectivity index (χ0v) is 7.90. The van der Waals surface area contributed by atoms with Crippen LogP contribution < -0.4 is 11.4 Å². The number of rotatable bonds is 0. The lowest BCUT2D eigenvalue weighted by atomic mass is 10.2. The highest BCUT2D eigenvalue weighted by atomic mass is 16.4. The predicted molar refractivity (Wildman–Crippen MR) is 52.5 cm³/mol. The van der Waals surface area contributed by atoms with Crippen molar-refractivity contribution in [2.24, 2.45) is 7.05 Å². The summed E-state index contributed by atoms with van der Waals surface area (Å²) in [6, 6.07) is 5.26. The highest BCUT2D eigenvalue weighted by Crippen LogP contribution is 2.09. The Morgan fingerprint density at radius 3 is 2.71 bits per heavy atom. The summed E-state index contributed by atoms with van der Waals surface area (Å²) < 4.78 is 5.84. The van der Waals surface area contributed by atoms with Gasteiger partial charge in [0, 0.05) is 7.05 Å². The minimum absolute atomic E-state index is 0.428. The molecule has 2 rings (SSSR count). The first-order valence-electron chi connectivity index (χ1n) is 4.20. The van der Waals surface area contributed by atoms with Gasteiger partial charge < -0.3 is 4.42 Å². The van der Waals surface area contributed by atoms with Gasteiger partial charge in [0.1, 0.15) is 0 Å². The minimum atomic E-state index is -0.631. The van der Waals surface area contributed by atoms with Crippen molar-refractivity contribution in [1.29, 1.82) is 0 Å². The number of fused-ring (bicyclic) bond motifs is 1. The van der Waals surface area contributed by atoms with E-state index < -0.39 is 11.4 Å². The lowest BCUT2D eigenvalue weighted by Gasteiger charge is -2.02. The van der Waals surface area contributed by atoms with Crippen molar-refractivity contribution in [3.63, 3.8) is 0 Å². The molecule has 4 heteroatoms. The van der Waals surface area contributed by atoms with E-state index in [1.165, 1.54) is 4.57 Å². The Morgan fingerprint density at radius 2 is 2.00 bits per heavy atom. The molecule has 0 aliphatic carbocycles. The lowest BCUT2D eigenvalue weighted by molar-refractivity contribution is 0.433. The Balaban J connectivity index is 3.11. The normalized spacial score (nSPS) is 10.7. The lowest BCUT2D eigenvalue weighted by Crippen LogP contribution is -2.22. The molecule has 0 unspecified atom stereocenters. The van der Waals surface area contributed by atoms with Crippen LogP contribution in [0, 0.1) is 6.92 Å². The fourth-order valence-corrected chi connectivity index (χ4v) is 1.39. The molecular weight excluding hydrogens is 182 g/mol. The number of hydrogen-bond acceptors (Lipinski definition) is 3. The summed E-state index contributed by atoms with van der Waals surface area (Å²) in [5.74, 6) is -0.631. The maximum absolute atomic E-state index is 11.3. The minimum Gasteiger partial charge on any atom is -0.372 e. The van der Waals surface area contributed by atoms with E-state index in [0.29, 0.717) is 10.9 Å². The maximum Gasteiger partial charge on any atom is 0.422 e. The third-order valence-electron chi connectivity index (χ3n) is 2.19. The number of benzene rings is 1. The van der Waals surface area contributed by atoms with E-state index in [9.17, 15) is 9.59 Å². The van der Waals surface area contributed by atoms with E-state index in [0.717, 1.165) is 5.56 Å². The monoisotopic (exact) mass is 191 g/mol. The first kappa shape index (κ1) is 8.74. The van der Waals surface area contributed by atoms with Gasteiger partial charge in [0.25, 0.3) is 0 Å². The molecule has 4 nitrogen and oxygen atoms in total. The largest absolute Gasteiger partial charge is 0.422 e. The van der Waals surface area contributed by atoms with Crippen LogP contribution in [0.2, 0.25) is 0 Å². The van der Waals surface area contributed by atoms with E-state index in [-0.39, 0.29) is 0 Å². The van der Waals surface area contributed by atoms with E-state index in [2.05, 4.69) is 4.42 Å². The summed E-state index contributed by atoms with van der Waals surface area (Å²) in [5, 5.41) is 0.428. The molecule has 2 aromatic rings. The second-order valence-electron chi connectivity index (χ2n) is 3.24. The Kier molecular flexibility index (Phi) is 1.77. The predicted octanol–water partition coefficient (Wildman–Crippen LogP) is 0.800. The van der Waals surface area contributed by atoms with Crippen molar-refractivity contribution in [2.75, 3.05) is 0 Å². The van der Waals surface area contributed by atoms with Crippen molar-refractivity contribution in [3.8, 4) is 0 Å². The van der Waals surface area contributed by atoms with Crippen LogP contribution in [0.5, 0.6) is 0 Å². The van der Waals surface area contributed by atoms with Crippen LogP contribution in [-0.4, -0.2) is 4.57 Å². The Labute approximate surface area is 79.4 Å². The van der Waals surface area contributed by atoms with E-state index in [4.69, 9.17) is 0 Å². The summed E-state index contributed by atoms with van der Waals surface area (Å²) in [7, 11) is 1.58. The average molecular weight is 191 g/mol. The van der Waals surface area contributed by atoms with Crippen LogP contribution in [0.4, 0.5) is 0 Å². The Bertz CT molecular complexity index is 607. The number of nitrogens with zero attached hydrogens (tertiary/aromatic N) is 1. The maximum atomic E-state index is 11.3. The third-order valence-corrected chi connectivity index (χ3v) is 2.19. The molecule has 0 atom stereocenters. The molecule has 0 saturated carbocycles. The van der Waals surface area contributed by atoms with Crippen molar-refractivity contribution >= 4 is 10.9 Å². The zero-order chi connectivity index (χ0) is 10.3. The Morgan fingerprint density at radius 1 is 1.29 bits per heavy atom. The van der Waals surface area contributed by atoms with E-state index in [1.807, 2.05) is 13.0 Å². The van der Waals surface area contributed by atoms with Crippen LogP contribution in [0.15, 0.2) is 32.2 Å². The molecule has 0 aliphatic rings. The summed E-state index contributed by atoms with van der Waals surface area (Å²) in [5.41, 5.74) is 1.02. The standard InChI is InChI=1S/C10H9NO3/c1-6-3-4-7-8(5-6)11(2)10(13)14-9(7)12/h3-5H,1-2H3. The van der Waals surface area contributed by atoms with Gasteiger partial charge in [-0.2, -0.15) is 0 Å². The number of hydrogen-bond donors (Lipinski definition) is 0. The van der Waals surface area contributed by atoms with Crippen LogP contribution in [-0.2, 0) is 7.05 Å². The molecule has 0 saturated heterocycles. The molecular formula is C10H9NO3. The van der Waals surface area contributed by atoms with Crippen LogP contribution in [0.25, 0.3) is 10.9 Å². The quantitative estimate of drug-likeness (QED) is 0.618. The van der Waals surface area contributed by atoms with Crippen molar-refractivity contribution in [3.05, 3.63) is 44.7 Å². The molecule has 0 radical (unpaired) electrons. The second kappa shape index (κ2) is 2.83. The molecule has 14 heavy (non-hydrogen) atoms. The fourth-order valence-electron chi connectivity index (χ4n) is 1.39. The van der Waals surface area contributed by atoms with Crippen molar-refractivity contribution < 1.29 is 4.42 Å². The van der Waals surface area contributed by atoms with Gasteiger partial charge in [-0.1, -0.05) is 6.07 Å². The molecule has 72 valence electrons. The topological polar surface area (TPSA) is 52.2 Å². The fraction of sp³-hybridized carbons (Fsp3) is 0.200. The molecule has 1 heterocycles.